The molecule has 4 heteroatoms. The van der Waals surface area contributed by atoms with Crippen molar-refractivity contribution in [3.8, 4) is 0 Å². The van der Waals surface area contributed by atoms with Crippen LogP contribution in [0, 0.1) is 0 Å². The Bertz CT molecular complexity index is 361. The first kappa shape index (κ1) is 11.9. The van der Waals surface area contributed by atoms with Crippen LogP contribution in [0.5, 0.6) is 0 Å². The minimum Gasteiger partial charge on any atom is -0.362 e. The molecule has 0 aliphatic heterocycles. The molecule has 0 spiro atoms. The van der Waals surface area contributed by atoms with E-state index >= 15 is 0 Å². The summed E-state index contributed by atoms with van der Waals surface area (Å²) in [4.78, 5) is 11.4. The highest BCUT2D eigenvalue weighted by Gasteiger charge is 2.21. The first-order valence-electron chi connectivity index (χ1n) is 4.94. The Morgan fingerprint density at radius 3 is 2.53 bits per heavy atom. The summed E-state index contributed by atoms with van der Waals surface area (Å²) < 4.78 is 6.59. The topological polar surface area (TPSA) is 44.1 Å². The number of ketones is 1. The molecule has 0 unspecified atom stereocenters. The zero-order chi connectivity index (χ0) is 11.6. The zero-order valence-corrected chi connectivity index (χ0v) is 10.00. The third kappa shape index (κ3) is 2.65. The van der Waals surface area contributed by atoms with E-state index in [0.717, 1.165) is 5.69 Å². The number of nitrogens with zero attached hydrogens (tertiary/aromatic N) is 2. The molecule has 4 nitrogen and oxygen atoms in total. The number of rotatable bonds is 3. The molecule has 84 valence electrons. The number of hydrogen-bond acceptors (Lipinski definition) is 3. The van der Waals surface area contributed by atoms with Gasteiger partial charge in [-0.2, -0.15) is 5.10 Å². The minimum atomic E-state index is -0.0524. The second-order valence-electron chi connectivity index (χ2n) is 4.64. The van der Waals surface area contributed by atoms with Crippen molar-refractivity contribution in [1.82, 2.24) is 9.78 Å². The van der Waals surface area contributed by atoms with Gasteiger partial charge in [0.25, 0.3) is 0 Å². The summed E-state index contributed by atoms with van der Waals surface area (Å²) in [5, 5.41) is 4.36. The van der Waals surface area contributed by atoms with Crippen LogP contribution in [-0.2, 0) is 16.9 Å². The van der Waals surface area contributed by atoms with E-state index in [2.05, 4.69) is 25.9 Å². The molecule has 1 aromatic rings. The van der Waals surface area contributed by atoms with Crippen LogP contribution >= 0.6 is 0 Å². The molecular weight excluding hydrogens is 192 g/mol. The normalized spacial score (nSPS) is 11.8. The molecule has 15 heavy (non-hydrogen) atoms. The van der Waals surface area contributed by atoms with Crippen molar-refractivity contribution in [3.05, 3.63) is 17.5 Å². The van der Waals surface area contributed by atoms with E-state index in [9.17, 15) is 4.79 Å². The highest BCUT2D eigenvalue weighted by Crippen LogP contribution is 2.21. The van der Waals surface area contributed by atoms with Crippen molar-refractivity contribution in [2.45, 2.75) is 39.8 Å². The van der Waals surface area contributed by atoms with Gasteiger partial charge < -0.3 is 4.74 Å². The number of hydrogen-bond donors (Lipinski definition) is 0. The Hall–Kier alpha value is -1.16. The Morgan fingerprint density at radius 2 is 2.13 bits per heavy atom. The highest BCUT2D eigenvalue weighted by molar-refractivity contribution is 5.92. The van der Waals surface area contributed by atoms with E-state index in [4.69, 9.17) is 4.74 Å². The van der Waals surface area contributed by atoms with Gasteiger partial charge in [-0.05, 0) is 6.07 Å². The van der Waals surface area contributed by atoms with Crippen molar-refractivity contribution >= 4 is 5.78 Å². The van der Waals surface area contributed by atoms with Crippen molar-refractivity contribution in [3.63, 3.8) is 0 Å². The monoisotopic (exact) mass is 210 g/mol. The second kappa shape index (κ2) is 4.14. The van der Waals surface area contributed by atoms with Crippen LogP contribution in [0.3, 0.4) is 0 Å². The van der Waals surface area contributed by atoms with Crippen LogP contribution in [0.4, 0.5) is 0 Å². The zero-order valence-electron chi connectivity index (χ0n) is 10.00. The molecule has 0 N–H and O–H groups in total. The lowest BCUT2D eigenvalue weighted by atomic mass is 9.92. The number of Topliss-reactive ketones (excluding diaryl/α,β-unsaturated/α-hetero) is 1. The summed E-state index contributed by atoms with van der Waals surface area (Å²) in [5.41, 5.74) is 1.45. The van der Waals surface area contributed by atoms with E-state index in [1.807, 2.05) is 6.07 Å². The van der Waals surface area contributed by atoms with E-state index in [-0.39, 0.29) is 11.2 Å². The van der Waals surface area contributed by atoms with E-state index in [0.29, 0.717) is 12.4 Å². The van der Waals surface area contributed by atoms with Crippen LogP contribution in [0.1, 0.15) is 43.9 Å². The predicted octanol–water partition coefficient (Wildman–Crippen LogP) is 1.99. The van der Waals surface area contributed by atoms with Crippen molar-refractivity contribution in [1.29, 1.82) is 0 Å². The molecule has 0 saturated heterocycles. The number of carbonyl (C=O) groups excluding carboxylic acids is 1. The smallest absolute Gasteiger partial charge is 0.177 e. The number of aromatic nitrogens is 2. The Labute approximate surface area is 90.2 Å². The van der Waals surface area contributed by atoms with Crippen LogP contribution in [-0.4, -0.2) is 22.7 Å². The van der Waals surface area contributed by atoms with Gasteiger partial charge in [-0.1, -0.05) is 20.8 Å². The van der Waals surface area contributed by atoms with Crippen LogP contribution in [0.25, 0.3) is 0 Å². The number of ether oxygens (including phenoxy) is 1. The summed E-state index contributed by atoms with van der Waals surface area (Å²) in [5.74, 6) is 0.00931. The van der Waals surface area contributed by atoms with E-state index in [1.54, 1.807) is 11.8 Å². The average Bonchev–Trinajstić information content (AvgIpc) is 2.48. The summed E-state index contributed by atoms with van der Waals surface area (Å²) in [7, 11) is 1.59. The quantitative estimate of drug-likeness (QED) is 0.716. The summed E-state index contributed by atoms with van der Waals surface area (Å²) in [6, 6.07) is 1.83. The van der Waals surface area contributed by atoms with Gasteiger partial charge in [0.15, 0.2) is 5.78 Å². The lowest BCUT2D eigenvalue weighted by Crippen LogP contribution is -2.13. The molecular formula is C11H18N2O2. The minimum absolute atomic E-state index is 0.00931. The predicted molar refractivity (Wildman–Crippen MR) is 57.9 cm³/mol. The van der Waals surface area contributed by atoms with Crippen LogP contribution in [0.2, 0.25) is 0 Å². The SMILES string of the molecule is COCn1nc(C(C)(C)C)cc1C(C)=O. The van der Waals surface area contributed by atoms with Gasteiger partial charge in [0.1, 0.15) is 12.4 Å². The maximum absolute atomic E-state index is 11.4. The van der Waals surface area contributed by atoms with E-state index < -0.39 is 0 Å². The summed E-state index contributed by atoms with van der Waals surface area (Å²) >= 11 is 0. The van der Waals surface area contributed by atoms with Crippen molar-refractivity contribution < 1.29 is 9.53 Å². The molecule has 0 amide bonds. The Morgan fingerprint density at radius 1 is 1.53 bits per heavy atom. The van der Waals surface area contributed by atoms with Gasteiger partial charge in [0.05, 0.1) is 5.69 Å². The van der Waals surface area contributed by atoms with Gasteiger partial charge in [-0.25, -0.2) is 4.68 Å². The molecule has 0 aliphatic carbocycles. The van der Waals surface area contributed by atoms with E-state index in [1.165, 1.54) is 6.92 Å². The van der Waals surface area contributed by atoms with Gasteiger partial charge in [-0.3, -0.25) is 4.79 Å². The van der Waals surface area contributed by atoms with Crippen LogP contribution < -0.4 is 0 Å². The maximum Gasteiger partial charge on any atom is 0.177 e. The fourth-order valence-corrected chi connectivity index (χ4v) is 1.29. The summed E-state index contributed by atoms with van der Waals surface area (Å²) in [6.07, 6.45) is 0. The van der Waals surface area contributed by atoms with Crippen molar-refractivity contribution in [2.75, 3.05) is 7.11 Å². The van der Waals surface area contributed by atoms with Crippen LogP contribution in [0.15, 0.2) is 6.07 Å². The molecule has 1 aromatic heterocycles. The molecule has 0 atom stereocenters. The molecule has 0 bridgehead atoms. The molecule has 0 aromatic carbocycles. The van der Waals surface area contributed by atoms with Gasteiger partial charge in [0.2, 0.25) is 0 Å². The first-order chi connectivity index (χ1) is 6.86. The fraction of sp³-hybridized carbons (Fsp3) is 0.636. The standard InChI is InChI=1S/C11H18N2O2/c1-8(14)9-6-10(11(2,3)4)12-13(9)7-15-5/h6H,7H2,1-5H3. The number of methoxy groups -OCH3 is 1. The summed E-state index contributed by atoms with van der Waals surface area (Å²) in [6.45, 7) is 8.05. The van der Waals surface area contributed by atoms with Gasteiger partial charge >= 0.3 is 0 Å². The molecule has 0 saturated carbocycles. The second-order valence-corrected chi connectivity index (χ2v) is 4.64. The van der Waals surface area contributed by atoms with Crippen molar-refractivity contribution in [2.24, 2.45) is 0 Å². The highest BCUT2D eigenvalue weighted by atomic mass is 16.5. The molecule has 1 heterocycles. The third-order valence-corrected chi connectivity index (χ3v) is 2.16. The fourth-order valence-electron chi connectivity index (χ4n) is 1.29. The Balaban J connectivity index is 3.15. The first-order valence-corrected chi connectivity index (χ1v) is 4.94. The molecule has 1 rings (SSSR count). The number of carbonyl (C=O) groups is 1. The maximum atomic E-state index is 11.4. The largest absolute Gasteiger partial charge is 0.362 e. The van der Waals surface area contributed by atoms with Gasteiger partial charge in [0, 0.05) is 19.4 Å². The average molecular weight is 210 g/mol. The third-order valence-electron chi connectivity index (χ3n) is 2.16. The lowest BCUT2D eigenvalue weighted by Gasteiger charge is -2.14. The molecule has 0 fully saturated rings. The Kier molecular flexibility index (Phi) is 3.29. The van der Waals surface area contributed by atoms with Gasteiger partial charge in [-0.15, -0.1) is 0 Å². The molecule has 0 radical (unpaired) electrons. The molecule has 0 aliphatic rings. The lowest BCUT2D eigenvalue weighted by molar-refractivity contribution is 0.0947.